The number of nitrogens with zero attached hydrogens (tertiary/aromatic N) is 1. The molecule has 3 nitrogen and oxygen atoms in total. The molecule has 0 aliphatic carbocycles. The second-order valence-electron chi connectivity index (χ2n) is 5.04. The second kappa shape index (κ2) is 6.98. The van der Waals surface area contributed by atoms with Crippen molar-refractivity contribution in [3.05, 3.63) is 41.6 Å². The van der Waals surface area contributed by atoms with Crippen LogP contribution in [0.3, 0.4) is 0 Å². The number of fused-ring (bicyclic) bond motifs is 1. The summed E-state index contributed by atoms with van der Waals surface area (Å²) in [6.07, 6.45) is 8.69. The van der Waals surface area contributed by atoms with Crippen molar-refractivity contribution in [2.24, 2.45) is 0 Å². The van der Waals surface area contributed by atoms with Crippen LogP contribution in [0.2, 0.25) is 0 Å². The molecule has 102 valence electrons. The SMILES string of the molecule is O=C(O)CCCCCCN1C=Cc2ccccc2C1. The maximum Gasteiger partial charge on any atom is 0.303 e. The molecule has 0 spiro atoms. The molecule has 0 radical (unpaired) electrons. The van der Waals surface area contributed by atoms with Gasteiger partial charge in [-0.15, -0.1) is 0 Å². The molecular formula is C16H21NO2. The molecule has 1 aromatic carbocycles. The van der Waals surface area contributed by atoms with Crippen LogP contribution in [0.5, 0.6) is 0 Å². The Morgan fingerprint density at radius 3 is 2.79 bits per heavy atom. The van der Waals surface area contributed by atoms with Crippen LogP contribution in [0.4, 0.5) is 0 Å². The van der Waals surface area contributed by atoms with Gasteiger partial charge in [-0.2, -0.15) is 0 Å². The third-order valence-corrected chi connectivity index (χ3v) is 3.48. The highest BCUT2D eigenvalue weighted by molar-refractivity contribution is 5.66. The van der Waals surface area contributed by atoms with Crippen molar-refractivity contribution in [3.8, 4) is 0 Å². The van der Waals surface area contributed by atoms with Crippen LogP contribution in [-0.2, 0) is 11.3 Å². The molecule has 0 saturated carbocycles. The van der Waals surface area contributed by atoms with E-state index in [0.717, 1.165) is 38.8 Å². The zero-order valence-electron chi connectivity index (χ0n) is 11.2. The molecule has 0 bridgehead atoms. The fourth-order valence-corrected chi connectivity index (χ4v) is 2.40. The zero-order valence-corrected chi connectivity index (χ0v) is 11.2. The maximum atomic E-state index is 10.4. The minimum absolute atomic E-state index is 0.303. The van der Waals surface area contributed by atoms with Crippen molar-refractivity contribution >= 4 is 12.0 Å². The number of benzene rings is 1. The van der Waals surface area contributed by atoms with E-state index in [1.54, 1.807) is 0 Å². The van der Waals surface area contributed by atoms with Crippen LogP contribution in [-0.4, -0.2) is 22.5 Å². The Labute approximate surface area is 114 Å². The second-order valence-corrected chi connectivity index (χ2v) is 5.04. The topological polar surface area (TPSA) is 40.5 Å². The van der Waals surface area contributed by atoms with Gasteiger partial charge in [-0.05, 0) is 36.2 Å². The molecule has 1 aliphatic rings. The van der Waals surface area contributed by atoms with Gasteiger partial charge in [-0.1, -0.05) is 37.1 Å². The lowest BCUT2D eigenvalue weighted by molar-refractivity contribution is -0.137. The Balaban J connectivity index is 1.65. The minimum atomic E-state index is -0.685. The summed E-state index contributed by atoms with van der Waals surface area (Å²) in [4.78, 5) is 12.7. The van der Waals surface area contributed by atoms with Gasteiger partial charge in [0.05, 0.1) is 0 Å². The first-order chi connectivity index (χ1) is 9.25. The summed E-state index contributed by atoms with van der Waals surface area (Å²) in [5.41, 5.74) is 2.70. The quantitative estimate of drug-likeness (QED) is 0.762. The fourth-order valence-electron chi connectivity index (χ4n) is 2.40. The number of carboxylic acids is 1. The highest BCUT2D eigenvalue weighted by atomic mass is 16.4. The summed E-state index contributed by atoms with van der Waals surface area (Å²) < 4.78 is 0. The van der Waals surface area contributed by atoms with Gasteiger partial charge < -0.3 is 10.0 Å². The molecule has 0 saturated heterocycles. The summed E-state index contributed by atoms with van der Waals surface area (Å²) in [6.45, 7) is 2.04. The number of hydrogen-bond donors (Lipinski definition) is 1. The van der Waals surface area contributed by atoms with Crippen LogP contribution in [0.25, 0.3) is 6.08 Å². The van der Waals surface area contributed by atoms with Gasteiger partial charge in [0.1, 0.15) is 0 Å². The van der Waals surface area contributed by atoms with Gasteiger partial charge in [0, 0.05) is 19.5 Å². The fraction of sp³-hybridized carbons (Fsp3) is 0.438. The van der Waals surface area contributed by atoms with E-state index in [-0.39, 0.29) is 0 Å². The molecule has 3 heteroatoms. The van der Waals surface area contributed by atoms with Crippen LogP contribution in [0, 0.1) is 0 Å². The average Bonchev–Trinajstić information content (AvgIpc) is 2.42. The van der Waals surface area contributed by atoms with Gasteiger partial charge in [-0.3, -0.25) is 4.79 Å². The molecule has 1 N–H and O–H groups in total. The first kappa shape index (κ1) is 13.7. The Kier molecular flexibility index (Phi) is 5.01. The van der Waals surface area contributed by atoms with Crippen LogP contribution in [0.15, 0.2) is 30.5 Å². The molecule has 0 aromatic heterocycles. The molecule has 0 unspecified atom stereocenters. The van der Waals surface area contributed by atoms with Crippen molar-refractivity contribution in [3.63, 3.8) is 0 Å². The standard InChI is InChI=1S/C16H21NO2/c18-16(19)9-3-1-2-6-11-17-12-10-14-7-4-5-8-15(14)13-17/h4-5,7-8,10,12H,1-3,6,9,11,13H2,(H,18,19). The molecule has 19 heavy (non-hydrogen) atoms. The molecule has 1 heterocycles. The first-order valence-electron chi connectivity index (χ1n) is 6.97. The number of unbranched alkanes of at least 4 members (excludes halogenated alkanes) is 3. The number of carboxylic acid groups (broad SMARTS) is 1. The molecule has 2 rings (SSSR count). The highest BCUT2D eigenvalue weighted by Crippen LogP contribution is 2.19. The van der Waals surface area contributed by atoms with Crippen molar-refractivity contribution in [1.29, 1.82) is 0 Å². The Morgan fingerprint density at radius 1 is 1.16 bits per heavy atom. The zero-order chi connectivity index (χ0) is 13.5. The lowest BCUT2D eigenvalue weighted by Gasteiger charge is -2.25. The van der Waals surface area contributed by atoms with Crippen molar-refractivity contribution in [1.82, 2.24) is 4.90 Å². The monoisotopic (exact) mass is 259 g/mol. The Hall–Kier alpha value is -1.77. The molecule has 1 aromatic rings. The number of rotatable bonds is 7. The molecule has 0 amide bonds. The maximum absolute atomic E-state index is 10.4. The van der Waals surface area contributed by atoms with E-state index in [4.69, 9.17) is 5.11 Å². The third kappa shape index (κ3) is 4.43. The summed E-state index contributed by atoms with van der Waals surface area (Å²) in [7, 11) is 0. The minimum Gasteiger partial charge on any atom is -0.481 e. The highest BCUT2D eigenvalue weighted by Gasteiger charge is 2.08. The van der Waals surface area contributed by atoms with Crippen molar-refractivity contribution < 1.29 is 9.90 Å². The van der Waals surface area contributed by atoms with Gasteiger partial charge in [-0.25, -0.2) is 0 Å². The van der Waals surface area contributed by atoms with Crippen LogP contribution >= 0.6 is 0 Å². The molecule has 0 atom stereocenters. The van der Waals surface area contributed by atoms with E-state index in [2.05, 4.69) is 41.4 Å². The van der Waals surface area contributed by atoms with Crippen LogP contribution in [0.1, 0.15) is 43.2 Å². The van der Waals surface area contributed by atoms with Gasteiger partial charge >= 0.3 is 5.97 Å². The van der Waals surface area contributed by atoms with Crippen molar-refractivity contribution in [2.45, 2.75) is 38.6 Å². The summed E-state index contributed by atoms with van der Waals surface area (Å²) in [5.74, 6) is -0.685. The normalized spacial score (nSPS) is 13.4. The number of carbonyl (C=O) groups is 1. The van der Waals surface area contributed by atoms with Crippen LogP contribution < -0.4 is 0 Å². The number of hydrogen-bond acceptors (Lipinski definition) is 2. The van der Waals surface area contributed by atoms with E-state index in [1.807, 2.05) is 0 Å². The third-order valence-electron chi connectivity index (χ3n) is 3.48. The predicted octanol–water partition coefficient (Wildman–Crippen LogP) is 3.51. The van der Waals surface area contributed by atoms with E-state index in [1.165, 1.54) is 11.1 Å². The Morgan fingerprint density at radius 2 is 1.95 bits per heavy atom. The van der Waals surface area contributed by atoms with Gasteiger partial charge in [0.15, 0.2) is 0 Å². The molecule has 0 fully saturated rings. The average molecular weight is 259 g/mol. The van der Waals surface area contributed by atoms with E-state index in [0.29, 0.717) is 6.42 Å². The lowest BCUT2D eigenvalue weighted by Crippen LogP contribution is -2.21. The van der Waals surface area contributed by atoms with Crippen molar-refractivity contribution in [2.75, 3.05) is 6.54 Å². The molecular weight excluding hydrogens is 238 g/mol. The van der Waals surface area contributed by atoms with E-state index < -0.39 is 5.97 Å². The van der Waals surface area contributed by atoms with Gasteiger partial charge in [0.2, 0.25) is 0 Å². The lowest BCUT2D eigenvalue weighted by atomic mass is 10.0. The smallest absolute Gasteiger partial charge is 0.303 e. The van der Waals surface area contributed by atoms with Gasteiger partial charge in [0.25, 0.3) is 0 Å². The summed E-state index contributed by atoms with van der Waals surface area (Å²) in [5, 5.41) is 8.55. The number of aliphatic carboxylic acids is 1. The van der Waals surface area contributed by atoms with E-state index >= 15 is 0 Å². The Bertz CT molecular complexity index is 454. The summed E-state index contributed by atoms with van der Waals surface area (Å²) in [6, 6.07) is 8.48. The predicted molar refractivity (Wildman–Crippen MR) is 76.6 cm³/mol. The largest absolute Gasteiger partial charge is 0.481 e. The first-order valence-corrected chi connectivity index (χ1v) is 6.97. The molecule has 1 aliphatic heterocycles. The van der Waals surface area contributed by atoms with E-state index in [9.17, 15) is 4.79 Å². The summed E-state index contributed by atoms with van der Waals surface area (Å²) >= 11 is 0.